The minimum Gasteiger partial charge on any atom is -0.433 e. The Labute approximate surface area is 110 Å². The van der Waals surface area contributed by atoms with E-state index in [4.69, 9.17) is 8.23 Å². The van der Waals surface area contributed by atoms with Gasteiger partial charge in [0.25, 0.3) is 0 Å². The molecule has 0 aliphatic rings. The molecule has 0 aromatic carbocycles. The van der Waals surface area contributed by atoms with Gasteiger partial charge in [-0.05, 0) is 38.3 Å². The summed E-state index contributed by atoms with van der Waals surface area (Å²) >= 11 is 0. The molecular formula is C12H28O2Si3. The van der Waals surface area contributed by atoms with Gasteiger partial charge in [-0.15, -0.1) is 13.2 Å². The van der Waals surface area contributed by atoms with E-state index in [1.807, 2.05) is 11.4 Å². The lowest BCUT2D eigenvalue weighted by Gasteiger charge is -2.40. The van der Waals surface area contributed by atoms with Gasteiger partial charge < -0.3 is 8.23 Å². The normalized spacial score (nSPS) is 13.5. The van der Waals surface area contributed by atoms with E-state index < -0.39 is 25.2 Å². The van der Waals surface area contributed by atoms with Gasteiger partial charge in [0.2, 0.25) is 0 Å². The van der Waals surface area contributed by atoms with Gasteiger partial charge >= 0.3 is 8.56 Å². The van der Waals surface area contributed by atoms with Gasteiger partial charge in [0.15, 0.2) is 16.6 Å². The minimum atomic E-state index is -2.08. The third-order valence-electron chi connectivity index (χ3n) is 2.96. The predicted molar refractivity (Wildman–Crippen MR) is 84.2 cm³/mol. The Balaban J connectivity index is 5.03. The molecular weight excluding hydrogens is 260 g/mol. The molecule has 0 unspecified atom stereocenters. The minimum absolute atomic E-state index is 0.998. The molecule has 0 aliphatic carbocycles. The Kier molecular flexibility index (Phi) is 6.30. The Bertz CT molecular complexity index is 247. The molecule has 0 aromatic rings. The predicted octanol–water partition coefficient (Wildman–Crippen LogP) is 4.36. The van der Waals surface area contributed by atoms with Crippen LogP contribution < -0.4 is 0 Å². The Morgan fingerprint density at radius 2 is 1.12 bits per heavy atom. The topological polar surface area (TPSA) is 18.5 Å². The van der Waals surface area contributed by atoms with E-state index in [0.717, 1.165) is 12.1 Å². The summed E-state index contributed by atoms with van der Waals surface area (Å²) in [4.78, 5) is 0. The molecule has 0 saturated heterocycles. The van der Waals surface area contributed by atoms with Gasteiger partial charge in [-0.1, -0.05) is 25.2 Å². The summed E-state index contributed by atoms with van der Waals surface area (Å²) in [6.07, 6.45) is 0. The van der Waals surface area contributed by atoms with Crippen molar-refractivity contribution in [2.24, 2.45) is 0 Å². The molecule has 0 fully saturated rings. The van der Waals surface area contributed by atoms with Gasteiger partial charge in [0, 0.05) is 0 Å². The Morgan fingerprint density at radius 1 is 0.824 bits per heavy atom. The highest BCUT2D eigenvalue weighted by molar-refractivity contribution is 6.91. The smallest absolute Gasteiger partial charge is 0.317 e. The first-order valence-corrected chi connectivity index (χ1v) is 14.5. The molecule has 0 N–H and O–H groups in total. The second-order valence-corrected chi connectivity index (χ2v) is 17.5. The highest BCUT2D eigenvalue weighted by Crippen LogP contribution is 2.27. The largest absolute Gasteiger partial charge is 0.433 e. The molecule has 2 nitrogen and oxygen atoms in total. The lowest BCUT2D eigenvalue weighted by Crippen LogP contribution is -2.54. The molecule has 0 saturated carbocycles. The van der Waals surface area contributed by atoms with Crippen molar-refractivity contribution in [3.63, 3.8) is 0 Å². The van der Waals surface area contributed by atoms with Crippen LogP contribution in [0, 0.1) is 0 Å². The molecule has 0 amide bonds. The zero-order valence-corrected chi connectivity index (χ0v) is 15.3. The highest BCUT2D eigenvalue weighted by atomic mass is 28.5. The van der Waals surface area contributed by atoms with Crippen molar-refractivity contribution in [3.8, 4) is 0 Å². The standard InChI is InChI=1S/C12H28O2Si3/c1-9-15(5,6)13-17(11-3,12-4)14-16(7,8)10-2/h9-10H,1-2,11-12H2,3-8H3. The zero-order chi connectivity index (χ0) is 13.7. The molecule has 5 heteroatoms. The van der Waals surface area contributed by atoms with Crippen molar-refractivity contribution in [2.45, 2.75) is 52.1 Å². The summed E-state index contributed by atoms with van der Waals surface area (Å²) in [6, 6.07) is 2.00. The van der Waals surface area contributed by atoms with Crippen LogP contribution in [0.2, 0.25) is 38.3 Å². The average molecular weight is 289 g/mol. The maximum Gasteiger partial charge on any atom is 0.317 e. The van der Waals surface area contributed by atoms with Crippen molar-refractivity contribution in [1.29, 1.82) is 0 Å². The van der Waals surface area contributed by atoms with Crippen LogP contribution in [0.3, 0.4) is 0 Å². The molecule has 0 aromatic heterocycles. The number of rotatable bonds is 8. The molecule has 0 bridgehead atoms. The van der Waals surface area contributed by atoms with Crippen molar-refractivity contribution >= 4 is 25.2 Å². The molecule has 0 heterocycles. The quantitative estimate of drug-likeness (QED) is 0.618. The van der Waals surface area contributed by atoms with Crippen molar-refractivity contribution in [3.05, 3.63) is 24.6 Å². The average Bonchev–Trinajstić information content (AvgIpc) is 2.27. The fourth-order valence-electron chi connectivity index (χ4n) is 1.60. The van der Waals surface area contributed by atoms with Gasteiger partial charge in [0.05, 0.1) is 0 Å². The van der Waals surface area contributed by atoms with Crippen LogP contribution in [0.15, 0.2) is 24.6 Å². The van der Waals surface area contributed by atoms with E-state index in [0.29, 0.717) is 0 Å². The second kappa shape index (κ2) is 6.29. The lowest BCUT2D eigenvalue weighted by molar-refractivity contribution is 0.381. The SMILES string of the molecule is C=C[Si](C)(C)O[Si](CC)(CC)O[Si](C)(C)C=C. The van der Waals surface area contributed by atoms with E-state index in [-0.39, 0.29) is 0 Å². The van der Waals surface area contributed by atoms with Crippen LogP contribution in [-0.4, -0.2) is 25.2 Å². The van der Waals surface area contributed by atoms with E-state index in [9.17, 15) is 0 Å². The van der Waals surface area contributed by atoms with Gasteiger partial charge in [-0.2, -0.15) is 0 Å². The van der Waals surface area contributed by atoms with Crippen LogP contribution in [0.4, 0.5) is 0 Å². The van der Waals surface area contributed by atoms with E-state index >= 15 is 0 Å². The lowest BCUT2D eigenvalue weighted by atomic mass is 10.9. The summed E-state index contributed by atoms with van der Waals surface area (Å²) in [5.74, 6) is 0. The summed E-state index contributed by atoms with van der Waals surface area (Å²) in [7, 11) is -5.63. The fourth-order valence-corrected chi connectivity index (χ4v) is 13.3. The third-order valence-corrected chi connectivity index (χ3v) is 14.3. The van der Waals surface area contributed by atoms with Crippen LogP contribution in [0.1, 0.15) is 13.8 Å². The summed E-state index contributed by atoms with van der Waals surface area (Å²) in [5, 5.41) is 0. The first-order valence-electron chi connectivity index (χ1n) is 6.33. The van der Waals surface area contributed by atoms with E-state index in [2.05, 4.69) is 53.2 Å². The number of hydrogen-bond acceptors (Lipinski definition) is 2. The fraction of sp³-hybridized carbons (Fsp3) is 0.667. The molecule has 17 heavy (non-hydrogen) atoms. The Hall–Kier alpha value is 0.0506. The van der Waals surface area contributed by atoms with Crippen LogP contribution in [0.5, 0.6) is 0 Å². The Morgan fingerprint density at radius 3 is 1.29 bits per heavy atom. The summed E-state index contributed by atoms with van der Waals surface area (Å²) in [6.45, 7) is 20.9. The summed E-state index contributed by atoms with van der Waals surface area (Å²) < 4.78 is 12.9. The molecule has 0 atom stereocenters. The second-order valence-electron chi connectivity index (χ2n) is 5.44. The maximum absolute atomic E-state index is 6.44. The first-order chi connectivity index (χ1) is 7.66. The molecule has 0 aliphatic heterocycles. The van der Waals surface area contributed by atoms with Gasteiger partial charge in [-0.3, -0.25) is 0 Å². The highest BCUT2D eigenvalue weighted by Gasteiger charge is 2.42. The van der Waals surface area contributed by atoms with Gasteiger partial charge in [0.1, 0.15) is 0 Å². The molecule has 0 rings (SSSR count). The first kappa shape index (κ1) is 17.1. The van der Waals surface area contributed by atoms with E-state index in [1.165, 1.54) is 0 Å². The third kappa shape index (κ3) is 5.48. The van der Waals surface area contributed by atoms with Gasteiger partial charge in [-0.25, -0.2) is 0 Å². The molecule has 100 valence electrons. The zero-order valence-electron chi connectivity index (χ0n) is 12.3. The van der Waals surface area contributed by atoms with Crippen molar-refractivity contribution < 1.29 is 8.23 Å². The van der Waals surface area contributed by atoms with Crippen molar-refractivity contribution in [2.75, 3.05) is 0 Å². The van der Waals surface area contributed by atoms with Crippen LogP contribution in [-0.2, 0) is 8.23 Å². The van der Waals surface area contributed by atoms with Crippen LogP contribution in [0.25, 0.3) is 0 Å². The molecule has 0 spiro atoms. The van der Waals surface area contributed by atoms with E-state index in [1.54, 1.807) is 0 Å². The van der Waals surface area contributed by atoms with Crippen LogP contribution >= 0.6 is 0 Å². The summed E-state index contributed by atoms with van der Waals surface area (Å²) in [5.41, 5.74) is 3.98. The maximum atomic E-state index is 6.44. The van der Waals surface area contributed by atoms with Crippen molar-refractivity contribution in [1.82, 2.24) is 0 Å². The monoisotopic (exact) mass is 288 g/mol. The number of hydrogen-bond donors (Lipinski definition) is 0. The molecule has 0 radical (unpaired) electrons.